The van der Waals surface area contributed by atoms with Gasteiger partial charge in [0, 0.05) is 32.4 Å². The molecule has 0 atom stereocenters. The third-order valence-electron chi connectivity index (χ3n) is 6.66. The van der Waals surface area contributed by atoms with Gasteiger partial charge < -0.3 is 33.2 Å². The van der Waals surface area contributed by atoms with Gasteiger partial charge in [-0.3, -0.25) is 9.59 Å². The molecule has 0 radical (unpaired) electrons. The number of carbonyl (C=O) groups is 2. The zero-order valence-corrected chi connectivity index (χ0v) is 24.6. The fraction of sp³-hybridized carbons (Fsp3) is 0.438. The largest absolute Gasteiger partial charge is 0.494 e. The predicted molar refractivity (Wildman–Crippen MR) is 157 cm³/mol. The molecule has 222 valence electrons. The molecule has 0 N–H and O–H groups in total. The highest BCUT2D eigenvalue weighted by Gasteiger charge is 2.23. The molecule has 0 saturated carbocycles. The number of rotatable bonds is 18. The molecule has 3 rings (SSSR count). The zero-order chi connectivity index (χ0) is 29.5. The van der Waals surface area contributed by atoms with Crippen LogP contribution >= 0.6 is 0 Å². The van der Waals surface area contributed by atoms with E-state index in [0.29, 0.717) is 68.5 Å². The summed E-state index contributed by atoms with van der Waals surface area (Å²) < 4.78 is 27.3. The maximum absolute atomic E-state index is 13.7. The second kappa shape index (κ2) is 17.0. The van der Waals surface area contributed by atoms with Gasteiger partial charge in [0.2, 0.25) is 5.91 Å². The molecule has 1 aromatic heterocycles. The maximum Gasteiger partial charge on any atom is 0.254 e. The first-order chi connectivity index (χ1) is 20.0. The Morgan fingerprint density at radius 1 is 0.854 bits per heavy atom. The van der Waals surface area contributed by atoms with Crippen molar-refractivity contribution >= 4 is 11.8 Å². The van der Waals surface area contributed by atoms with Crippen LogP contribution in [-0.2, 0) is 22.5 Å². The van der Waals surface area contributed by atoms with E-state index in [-0.39, 0.29) is 18.4 Å². The predicted octanol–water partition coefficient (Wildman–Crippen LogP) is 5.23. The number of benzene rings is 2. The van der Waals surface area contributed by atoms with E-state index in [1.165, 1.54) is 0 Å². The van der Waals surface area contributed by atoms with Crippen LogP contribution in [0.1, 0.15) is 47.9 Å². The molecule has 0 saturated heterocycles. The first-order valence-corrected chi connectivity index (χ1v) is 14.0. The number of ether oxygens (including phenoxy) is 4. The first-order valence-electron chi connectivity index (χ1n) is 14.0. The van der Waals surface area contributed by atoms with E-state index in [2.05, 4.69) is 6.92 Å². The lowest BCUT2D eigenvalue weighted by Crippen LogP contribution is -2.44. The van der Waals surface area contributed by atoms with Gasteiger partial charge in [0.05, 0.1) is 33.6 Å². The second-order valence-corrected chi connectivity index (χ2v) is 9.63. The lowest BCUT2D eigenvalue weighted by Gasteiger charge is -2.27. The smallest absolute Gasteiger partial charge is 0.254 e. The van der Waals surface area contributed by atoms with Crippen LogP contribution in [0, 0.1) is 0 Å². The van der Waals surface area contributed by atoms with Gasteiger partial charge in [0.25, 0.3) is 5.91 Å². The zero-order valence-electron chi connectivity index (χ0n) is 24.6. The standard InChI is InChI=1S/C32H42N2O7/c1-5-6-20-40-27-13-11-26(12-14-27)32(36)34(17-8-19-37-2)24-31(35)33(23-28-9-7-21-41-28)18-16-25-10-15-29(38-3)30(22-25)39-4/h7,9-15,21-22H,5-6,8,16-20,23-24H2,1-4H3. The third-order valence-corrected chi connectivity index (χ3v) is 6.66. The molecule has 41 heavy (non-hydrogen) atoms. The molecule has 0 aliphatic rings. The molecule has 3 aromatic rings. The highest BCUT2D eigenvalue weighted by Crippen LogP contribution is 2.28. The van der Waals surface area contributed by atoms with Crippen molar-refractivity contribution < 1.29 is 33.0 Å². The Bertz CT molecular complexity index is 1200. The number of furan rings is 1. The summed E-state index contributed by atoms with van der Waals surface area (Å²) in [5.74, 6) is 2.27. The van der Waals surface area contributed by atoms with Crippen molar-refractivity contribution in [2.45, 2.75) is 39.2 Å². The van der Waals surface area contributed by atoms with Crippen molar-refractivity contribution in [2.75, 3.05) is 54.2 Å². The highest BCUT2D eigenvalue weighted by atomic mass is 16.5. The van der Waals surface area contributed by atoms with Crippen LogP contribution in [0.15, 0.2) is 65.3 Å². The molecular formula is C32H42N2O7. The van der Waals surface area contributed by atoms with E-state index in [1.807, 2.05) is 24.3 Å². The summed E-state index contributed by atoms with van der Waals surface area (Å²) in [6, 6.07) is 16.4. The Kier molecular flexibility index (Phi) is 13.1. The number of methoxy groups -OCH3 is 3. The first kappa shape index (κ1) is 31.5. The molecule has 0 spiro atoms. The molecule has 9 nitrogen and oxygen atoms in total. The lowest BCUT2D eigenvalue weighted by molar-refractivity contribution is -0.132. The van der Waals surface area contributed by atoms with Gasteiger partial charge in [-0.15, -0.1) is 0 Å². The van der Waals surface area contributed by atoms with E-state index in [9.17, 15) is 9.59 Å². The Labute approximate surface area is 242 Å². The van der Waals surface area contributed by atoms with Crippen LogP contribution in [-0.4, -0.2) is 75.8 Å². The van der Waals surface area contributed by atoms with Gasteiger partial charge in [0.15, 0.2) is 11.5 Å². The Balaban J connectivity index is 1.74. The topological polar surface area (TPSA) is 90.7 Å². The fourth-order valence-corrected chi connectivity index (χ4v) is 4.31. The quantitative estimate of drug-likeness (QED) is 0.195. The summed E-state index contributed by atoms with van der Waals surface area (Å²) in [5, 5.41) is 0. The maximum atomic E-state index is 13.7. The summed E-state index contributed by atoms with van der Waals surface area (Å²) in [4.78, 5) is 30.5. The van der Waals surface area contributed by atoms with Crippen LogP contribution in [0.2, 0.25) is 0 Å². The monoisotopic (exact) mass is 566 g/mol. The molecular weight excluding hydrogens is 524 g/mol. The minimum Gasteiger partial charge on any atom is -0.494 e. The number of unbranched alkanes of at least 4 members (excludes halogenated alkanes) is 1. The molecule has 0 unspecified atom stereocenters. The Morgan fingerprint density at radius 2 is 1.63 bits per heavy atom. The van der Waals surface area contributed by atoms with Crippen molar-refractivity contribution in [3.63, 3.8) is 0 Å². The van der Waals surface area contributed by atoms with E-state index in [1.54, 1.807) is 67.7 Å². The van der Waals surface area contributed by atoms with Crippen molar-refractivity contribution in [1.82, 2.24) is 9.80 Å². The average molecular weight is 567 g/mol. The van der Waals surface area contributed by atoms with Gasteiger partial charge in [-0.05, 0) is 73.4 Å². The highest BCUT2D eigenvalue weighted by molar-refractivity contribution is 5.96. The number of carbonyl (C=O) groups excluding carboxylic acids is 2. The van der Waals surface area contributed by atoms with Gasteiger partial charge in [-0.1, -0.05) is 19.4 Å². The lowest BCUT2D eigenvalue weighted by atomic mass is 10.1. The van der Waals surface area contributed by atoms with E-state index < -0.39 is 0 Å². The van der Waals surface area contributed by atoms with Crippen molar-refractivity contribution in [2.24, 2.45) is 0 Å². The molecule has 2 amide bonds. The summed E-state index contributed by atoms with van der Waals surface area (Å²) in [7, 11) is 4.81. The Hall–Kier alpha value is -3.98. The van der Waals surface area contributed by atoms with E-state index in [0.717, 1.165) is 24.2 Å². The van der Waals surface area contributed by atoms with Crippen LogP contribution in [0.3, 0.4) is 0 Å². The summed E-state index contributed by atoms with van der Waals surface area (Å²) >= 11 is 0. The molecule has 0 aliphatic carbocycles. The van der Waals surface area contributed by atoms with E-state index in [4.69, 9.17) is 23.4 Å². The second-order valence-electron chi connectivity index (χ2n) is 9.63. The van der Waals surface area contributed by atoms with Crippen LogP contribution in [0.5, 0.6) is 17.2 Å². The Morgan fingerprint density at radius 3 is 2.29 bits per heavy atom. The summed E-state index contributed by atoms with van der Waals surface area (Å²) in [6.07, 6.45) is 4.80. The summed E-state index contributed by atoms with van der Waals surface area (Å²) in [6.45, 7) is 4.27. The van der Waals surface area contributed by atoms with Crippen LogP contribution in [0.4, 0.5) is 0 Å². The molecule has 2 aromatic carbocycles. The van der Waals surface area contributed by atoms with Crippen LogP contribution < -0.4 is 14.2 Å². The van der Waals surface area contributed by atoms with Gasteiger partial charge >= 0.3 is 0 Å². The number of nitrogens with zero attached hydrogens (tertiary/aromatic N) is 2. The van der Waals surface area contributed by atoms with Crippen molar-refractivity contribution in [1.29, 1.82) is 0 Å². The summed E-state index contributed by atoms with van der Waals surface area (Å²) in [5.41, 5.74) is 1.50. The van der Waals surface area contributed by atoms with Gasteiger partial charge in [-0.2, -0.15) is 0 Å². The van der Waals surface area contributed by atoms with Crippen molar-refractivity contribution in [3.05, 3.63) is 77.7 Å². The number of hydrogen-bond donors (Lipinski definition) is 0. The minimum atomic E-state index is -0.215. The molecule has 9 heteroatoms. The SMILES string of the molecule is CCCCOc1ccc(C(=O)N(CCCOC)CC(=O)N(CCc2ccc(OC)c(OC)c2)Cc2ccco2)cc1. The average Bonchev–Trinajstić information content (AvgIpc) is 3.52. The molecule has 1 heterocycles. The minimum absolute atomic E-state index is 0.0655. The molecule has 0 fully saturated rings. The molecule has 0 bridgehead atoms. The van der Waals surface area contributed by atoms with Crippen LogP contribution in [0.25, 0.3) is 0 Å². The number of amides is 2. The van der Waals surface area contributed by atoms with Gasteiger partial charge in [-0.25, -0.2) is 0 Å². The fourth-order valence-electron chi connectivity index (χ4n) is 4.31. The normalized spacial score (nSPS) is 10.7. The van der Waals surface area contributed by atoms with E-state index >= 15 is 0 Å². The number of hydrogen-bond acceptors (Lipinski definition) is 7. The molecule has 0 aliphatic heterocycles. The van der Waals surface area contributed by atoms with Gasteiger partial charge in [0.1, 0.15) is 18.1 Å². The van der Waals surface area contributed by atoms with Crippen molar-refractivity contribution in [3.8, 4) is 17.2 Å². The third kappa shape index (κ3) is 9.86.